The van der Waals surface area contributed by atoms with Crippen molar-refractivity contribution in [3.63, 3.8) is 0 Å². The van der Waals surface area contributed by atoms with Gasteiger partial charge in [0.25, 0.3) is 10.0 Å². The molecule has 0 fully saturated rings. The Bertz CT molecular complexity index is 819. The van der Waals surface area contributed by atoms with Crippen LogP contribution in [0.15, 0.2) is 47.4 Å². The molecule has 1 aliphatic heterocycles. The summed E-state index contributed by atoms with van der Waals surface area (Å²) >= 11 is 0. The Kier molecular flexibility index (Phi) is 4.80. The normalized spacial score (nSPS) is 13.4. The highest BCUT2D eigenvalue weighted by atomic mass is 32.2. The second-order valence-corrected chi connectivity index (χ2v) is 6.94. The minimum absolute atomic E-state index is 0.108. The van der Waals surface area contributed by atoms with Crippen LogP contribution < -0.4 is 18.9 Å². The Morgan fingerprint density at radius 1 is 1.08 bits per heavy atom. The third-order valence-corrected chi connectivity index (χ3v) is 4.78. The number of anilines is 1. The van der Waals surface area contributed by atoms with Crippen molar-refractivity contribution in [3.8, 4) is 17.2 Å². The molecule has 0 bridgehead atoms. The third kappa shape index (κ3) is 3.56. The first-order valence-electron chi connectivity index (χ1n) is 7.74. The fraction of sp³-hybridized carbons (Fsp3) is 0.294. The van der Waals surface area contributed by atoms with Crippen molar-refractivity contribution >= 4 is 15.7 Å². The zero-order valence-corrected chi connectivity index (χ0v) is 14.1. The number of hydrogen-bond acceptors (Lipinski definition) is 5. The lowest BCUT2D eigenvalue weighted by molar-refractivity contribution is 0.171. The molecule has 7 heteroatoms. The Morgan fingerprint density at radius 2 is 1.83 bits per heavy atom. The van der Waals surface area contributed by atoms with Crippen LogP contribution in [0, 0.1) is 0 Å². The summed E-state index contributed by atoms with van der Waals surface area (Å²) in [7, 11) is -3.76. The van der Waals surface area contributed by atoms with Crippen LogP contribution in [0.4, 0.5) is 5.69 Å². The number of ether oxygens (including phenoxy) is 3. The summed E-state index contributed by atoms with van der Waals surface area (Å²) in [6.07, 6.45) is 0.837. The Labute approximate surface area is 141 Å². The summed E-state index contributed by atoms with van der Waals surface area (Å²) < 4.78 is 44.3. The van der Waals surface area contributed by atoms with Crippen LogP contribution in [-0.2, 0) is 10.0 Å². The van der Waals surface area contributed by atoms with E-state index in [1.165, 1.54) is 12.1 Å². The van der Waals surface area contributed by atoms with Crippen LogP contribution in [0.1, 0.15) is 13.3 Å². The smallest absolute Gasteiger partial charge is 0.262 e. The first-order valence-corrected chi connectivity index (χ1v) is 9.23. The summed E-state index contributed by atoms with van der Waals surface area (Å²) in [6, 6.07) is 11.5. The average Bonchev–Trinajstić information content (AvgIpc) is 2.60. The van der Waals surface area contributed by atoms with E-state index in [0.29, 0.717) is 42.8 Å². The molecule has 2 aromatic rings. The summed E-state index contributed by atoms with van der Waals surface area (Å²) in [5.41, 5.74) is 0.404. The van der Waals surface area contributed by atoms with E-state index >= 15 is 0 Å². The Balaban J connectivity index is 1.87. The second kappa shape index (κ2) is 7.00. The van der Waals surface area contributed by atoms with Crippen LogP contribution in [0.3, 0.4) is 0 Å². The molecule has 128 valence electrons. The van der Waals surface area contributed by atoms with Crippen molar-refractivity contribution in [1.82, 2.24) is 0 Å². The predicted molar refractivity (Wildman–Crippen MR) is 90.5 cm³/mol. The fourth-order valence-electron chi connectivity index (χ4n) is 2.28. The molecule has 1 heterocycles. The number of nitrogens with one attached hydrogen (secondary N) is 1. The third-order valence-electron chi connectivity index (χ3n) is 3.42. The van der Waals surface area contributed by atoms with Crippen molar-refractivity contribution < 1.29 is 22.6 Å². The maximum absolute atomic E-state index is 12.7. The van der Waals surface area contributed by atoms with Crippen molar-refractivity contribution in [2.45, 2.75) is 18.2 Å². The second-order valence-electron chi connectivity index (χ2n) is 5.26. The summed E-state index contributed by atoms with van der Waals surface area (Å²) in [5.74, 6) is 1.48. The molecule has 0 radical (unpaired) electrons. The average molecular weight is 349 g/mol. The fourth-order valence-corrected chi connectivity index (χ4v) is 3.37. The molecule has 0 spiro atoms. The van der Waals surface area contributed by atoms with E-state index in [2.05, 4.69) is 4.72 Å². The number of benzene rings is 2. The van der Waals surface area contributed by atoms with Crippen molar-refractivity contribution in [3.05, 3.63) is 42.5 Å². The van der Waals surface area contributed by atoms with Gasteiger partial charge in [0, 0.05) is 6.07 Å². The first kappa shape index (κ1) is 16.4. The number of hydrogen-bond donors (Lipinski definition) is 1. The summed E-state index contributed by atoms with van der Waals surface area (Å²) in [5, 5.41) is 0. The standard InChI is InChI=1S/C17H19NO5S/c1-2-9-21-15-6-4-3-5-14(15)18-24(19,20)13-7-8-16-17(12-13)23-11-10-22-16/h3-8,12,18H,2,9-11H2,1H3. The molecule has 1 aliphatic rings. The van der Waals surface area contributed by atoms with Crippen molar-refractivity contribution in [2.24, 2.45) is 0 Å². The van der Waals surface area contributed by atoms with Crippen LogP contribution in [0.5, 0.6) is 17.2 Å². The van der Waals surface area contributed by atoms with E-state index in [4.69, 9.17) is 14.2 Å². The zero-order valence-electron chi connectivity index (χ0n) is 13.3. The lowest BCUT2D eigenvalue weighted by atomic mass is 10.3. The quantitative estimate of drug-likeness (QED) is 0.868. The minimum atomic E-state index is -3.76. The Hall–Kier alpha value is -2.41. The number of sulfonamides is 1. The van der Waals surface area contributed by atoms with Gasteiger partial charge in [-0.2, -0.15) is 0 Å². The van der Waals surface area contributed by atoms with Crippen molar-refractivity contribution in [1.29, 1.82) is 0 Å². The summed E-state index contributed by atoms with van der Waals surface area (Å²) in [6.45, 7) is 3.36. The van der Waals surface area contributed by atoms with Gasteiger partial charge in [-0.1, -0.05) is 19.1 Å². The van der Waals surface area contributed by atoms with E-state index < -0.39 is 10.0 Å². The van der Waals surface area contributed by atoms with E-state index in [-0.39, 0.29) is 4.90 Å². The lowest BCUT2D eigenvalue weighted by Crippen LogP contribution is -2.17. The number of rotatable bonds is 6. The van der Waals surface area contributed by atoms with E-state index in [1.54, 1.807) is 30.3 Å². The Morgan fingerprint density at radius 3 is 2.62 bits per heavy atom. The molecular weight excluding hydrogens is 330 g/mol. The monoisotopic (exact) mass is 349 g/mol. The maximum Gasteiger partial charge on any atom is 0.262 e. The van der Waals surface area contributed by atoms with E-state index in [1.807, 2.05) is 6.92 Å². The van der Waals surface area contributed by atoms with Crippen molar-refractivity contribution in [2.75, 3.05) is 24.5 Å². The van der Waals surface area contributed by atoms with Gasteiger partial charge in [0.15, 0.2) is 11.5 Å². The van der Waals surface area contributed by atoms with Crippen LogP contribution in [0.25, 0.3) is 0 Å². The molecule has 0 amide bonds. The number of para-hydroxylation sites is 2. The molecule has 1 N–H and O–H groups in total. The molecule has 24 heavy (non-hydrogen) atoms. The van der Waals surface area contributed by atoms with Crippen LogP contribution >= 0.6 is 0 Å². The molecule has 0 atom stereocenters. The van der Waals surface area contributed by atoms with Crippen LogP contribution in [0.2, 0.25) is 0 Å². The van der Waals surface area contributed by atoms with Gasteiger partial charge in [-0.05, 0) is 30.7 Å². The zero-order chi connectivity index (χ0) is 17.0. The van der Waals surface area contributed by atoms with Gasteiger partial charge in [-0.15, -0.1) is 0 Å². The lowest BCUT2D eigenvalue weighted by Gasteiger charge is -2.19. The highest BCUT2D eigenvalue weighted by Crippen LogP contribution is 2.33. The minimum Gasteiger partial charge on any atom is -0.491 e. The molecular formula is C17H19NO5S. The van der Waals surface area contributed by atoms with Gasteiger partial charge >= 0.3 is 0 Å². The topological polar surface area (TPSA) is 73.9 Å². The van der Waals surface area contributed by atoms with Gasteiger partial charge in [0.2, 0.25) is 0 Å². The van der Waals surface area contributed by atoms with Gasteiger partial charge in [0.05, 0.1) is 17.2 Å². The maximum atomic E-state index is 12.7. The molecule has 3 rings (SSSR count). The molecule has 0 aliphatic carbocycles. The number of fused-ring (bicyclic) bond motifs is 1. The van der Waals surface area contributed by atoms with E-state index in [9.17, 15) is 8.42 Å². The van der Waals surface area contributed by atoms with E-state index in [0.717, 1.165) is 6.42 Å². The highest BCUT2D eigenvalue weighted by Gasteiger charge is 2.20. The molecule has 2 aromatic carbocycles. The van der Waals surface area contributed by atoms with Gasteiger partial charge in [-0.3, -0.25) is 4.72 Å². The SMILES string of the molecule is CCCOc1ccccc1NS(=O)(=O)c1ccc2c(c1)OCCO2. The molecule has 0 saturated carbocycles. The largest absolute Gasteiger partial charge is 0.491 e. The first-order chi connectivity index (χ1) is 11.6. The molecule has 0 unspecified atom stereocenters. The van der Waals surface area contributed by atoms with Gasteiger partial charge < -0.3 is 14.2 Å². The highest BCUT2D eigenvalue weighted by molar-refractivity contribution is 7.92. The molecule has 6 nitrogen and oxygen atoms in total. The molecule has 0 saturated heterocycles. The predicted octanol–water partition coefficient (Wildman–Crippen LogP) is 3.05. The van der Waals surface area contributed by atoms with Gasteiger partial charge in [-0.25, -0.2) is 8.42 Å². The molecule has 0 aromatic heterocycles. The van der Waals surface area contributed by atoms with Gasteiger partial charge in [0.1, 0.15) is 19.0 Å². The van der Waals surface area contributed by atoms with Crippen LogP contribution in [-0.4, -0.2) is 28.2 Å². The summed E-state index contributed by atoms with van der Waals surface area (Å²) in [4.78, 5) is 0.108.